The van der Waals surface area contributed by atoms with Gasteiger partial charge in [-0.1, -0.05) is 0 Å². The lowest BCUT2D eigenvalue weighted by molar-refractivity contribution is -0.118. The molecule has 0 fully saturated rings. The summed E-state index contributed by atoms with van der Waals surface area (Å²) in [6.45, 7) is 1.90. The molecular weight excluding hydrogens is 211 g/mol. The van der Waals surface area contributed by atoms with Crippen LogP contribution in [0, 0.1) is 5.82 Å². The predicted octanol–water partition coefficient (Wildman–Crippen LogP) is 1.10. The Bertz CT molecular complexity index is 380. The van der Waals surface area contributed by atoms with Crippen molar-refractivity contribution >= 4 is 5.91 Å². The summed E-state index contributed by atoms with van der Waals surface area (Å²) < 4.78 is 18.3. The molecule has 0 aliphatic carbocycles. The summed E-state index contributed by atoms with van der Waals surface area (Å²) in [5, 5.41) is 0. The van der Waals surface area contributed by atoms with E-state index in [4.69, 9.17) is 16.2 Å². The molecule has 1 atom stereocenters. The number of halogens is 1. The summed E-state index contributed by atoms with van der Waals surface area (Å²) in [6, 6.07) is 3.77. The molecule has 1 aromatic rings. The Balaban J connectivity index is 2.74. The third-order valence-electron chi connectivity index (χ3n) is 2.07. The molecule has 0 aliphatic heterocycles. The van der Waals surface area contributed by atoms with Crippen LogP contribution < -0.4 is 16.2 Å². The summed E-state index contributed by atoms with van der Waals surface area (Å²) in [7, 11) is 0. The smallest absolute Gasteiger partial charge is 0.220 e. The molecule has 0 aliphatic rings. The van der Waals surface area contributed by atoms with Crippen LogP contribution in [0.3, 0.4) is 0 Å². The molecule has 16 heavy (non-hydrogen) atoms. The first-order valence-electron chi connectivity index (χ1n) is 4.97. The summed E-state index contributed by atoms with van der Waals surface area (Å²) in [5.74, 6) is -0.323. The number of ether oxygens (including phenoxy) is 1. The Morgan fingerprint density at radius 1 is 1.56 bits per heavy atom. The van der Waals surface area contributed by atoms with Crippen LogP contribution in [0.1, 0.15) is 24.9 Å². The van der Waals surface area contributed by atoms with Gasteiger partial charge in [0.05, 0.1) is 13.0 Å². The lowest BCUT2D eigenvalue weighted by Crippen LogP contribution is -2.15. The first-order valence-corrected chi connectivity index (χ1v) is 4.97. The first-order chi connectivity index (χ1) is 7.50. The average Bonchev–Trinajstić information content (AvgIpc) is 2.19. The minimum atomic E-state index is -0.440. The highest BCUT2D eigenvalue weighted by Crippen LogP contribution is 2.24. The van der Waals surface area contributed by atoms with Gasteiger partial charge in [-0.15, -0.1) is 0 Å². The van der Waals surface area contributed by atoms with E-state index in [9.17, 15) is 9.18 Å². The molecule has 5 heteroatoms. The van der Waals surface area contributed by atoms with E-state index in [0.29, 0.717) is 11.3 Å². The summed E-state index contributed by atoms with van der Waals surface area (Å²) in [4.78, 5) is 10.5. The first kappa shape index (κ1) is 12.4. The van der Waals surface area contributed by atoms with E-state index in [0.717, 1.165) is 0 Å². The Labute approximate surface area is 93.4 Å². The number of carbonyl (C=O) groups excluding carboxylic acids is 1. The molecule has 0 saturated heterocycles. The largest absolute Gasteiger partial charge is 0.493 e. The average molecular weight is 226 g/mol. The van der Waals surface area contributed by atoms with E-state index in [-0.39, 0.29) is 24.9 Å². The molecule has 4 N–H and O–H groups in total. The van der Waals surface area contributed by atoms with E-state index in [2.05, 4.69) is 0 Å². The molecule has 0 bridgehead atoms. The van der Waals surface area contributed by atoms with Crippen LogP contribution in [0.15, 0.2) is 18.2 Å². The van der Waals surface area contributed by atoms with Gasteiger partial charge in [0.15, 0.2) is 0 Å². The monoisotopic (exact) mass is 226 g/mol. The summed E-state index contributed by atoms with van der Waals surface area (Å²) in [6.07, 6.45) is 0.121. The van der Waals surface area contributed by atoms with Gasteiger partial charge in [0, 0.05) is 11.6 Å². The highest BCUT2D eigenvalue weighted by Gasteiger charge is 2.09. The second-order valence-corrected chi connectivity index (χ2v) is 3.54. The number of hydrogen-bond donors (Lipinski definition) is 2. The Kier molecular flexibility index (Phi) is 4.25. The zero-order valence-corrected chi connectivity index (χ0v) is 9.07. The van der Waals surface area contributed by atoms with Crippen LogP contribution >= 0.6 is 0 Å². The number of hydrogen-bond acceptors (Lipinski definition) is 3. The second kappa shape index (κ2) is 5.46. The third kappa shape index (κ3) is 3.51. The Morgan fingerprint density at radius 2 is 2.25 bits per heavy atom. The van der Waals surface area contributed by atoms with Crippen LogP contribution in [0.2, 0.25) is 0 Å². The zero-order chi connectivity index (χ0) is 12.1. The van der Waals surface area contributed by atoms with Gasteiger partial charge in [0.2, 0.25) is 5.91 Å². The van der Waals surface area contributed by atoms with Crippen LogP contribution in [-0.4, -0.2) is 12.5 Å². The SMILES string of the molecule is C[C@H](N)c1cc(F)ccc1OCCC(N)=O. The maximum absolute atomic E-state index is 13.0. The van der Waals surface area contributed by atoms with Gasteiger partial charge in [-0.25, -0.2) is 4.39 Å². The number of primary amides is 1. The van der Waals surface area contributed by atoms with Gasteiger partial charge in [-0.2, -0.15) is 0 Å². The fourth-order valence-corrected chi connectivity index (χ4v) is 1.27. The van der Waals surface area contributed by atoms with Gasteiger partial charge in [-0.3, -0.25) is 4.79 Å². The van der Waals surface area contributed by atoms with Crippen molar-refractivity contribution in [1.82, 2.24) is 0 Å². The Hall–Kier alpha value is -1.62. The molecule has 1 amide bonds. The van der Waals surface area contributed by atoms with Crippen molar-refractivity contribution in [3.05, 3.63) is 29.6 Å². The topological polar surface area (TPSA) is 78.3 Å². The molecular formula is C11H15FN2O2. The molecule has 1 aromatic carbocycles. The standard InChI is InChI=1S/C11H15FN2O2/c1-7(13)9-6-8(12)2-3-10(9)16-5-4-11(14)15/h2-3,6-7H,4-5,13H2,1H3,(H2,14,15)/t7-/m0/s1. The van der Waals surface area contributed by atoms with E-state index in [1.165, 1.54) is 18.2 Å². The van der Waals surface area contributed by atoms with E-state index >= 15 is 0 Å². The fourth-order valence-electron chi connectivity index (χ4n) is 1.27. The van der Waals surface area contributed by atoms with Crippen LogP contribution in [0.25, 0.3) is 0 Å². The van der Waals surface area contributed by atoms with E-state index < -0.39 is 5.91 Å². The molecule has 88 valence electrons. The molecule has 0 saturated carbocycles. The molecule has 0 unspecified atom stereocenters. The molecule has 0 aromatic heterocycles. The second-order valence-electron chi connectivity index (χ2n) is 3.54. The molecule has 0 radical (unpaired) electrons. The molecule has 1 rings (SSSR count). The maximum Gasteiger partial charge on any atom is 0.220 e. The molecule has 4 nitrogen and oxygen atoms in total. The van der Waals surface area contributed by atoms with Crippen molar-refractivity contribution in [3.8, 4) is 5.75 Å². The van der Waals surface area contributed by atoms with Crippen LogP contribution in [0.4, 0.5) is 4.39 Å². The summed E-state index contributed by atoms with van der Waals surface area (Å²) >= 11 is 0. The lowest BCUT2D eigenvalue weighted by atomic mass is 10.1. The number of amides is 1. The van der Waals surface area contributed by atoms with Crippen molar-refractivity contribution in [2.75, 3.05) is 6.61 Å². The van der Waals surface area contributed by atoms with E-state index in [1.54, 1.807) is 6.92 Å². The summed E-state index contributed by atoms with van der Waals surface area (Å²) in [5.41, 5.74) is 11.2. The zero-order valence-electron chi connectivity index (χ0n) is 9.07. The maximum atomic E-state index is 13.0. The fraction of sp³-hybridized carbons (Fsp3) is 0.364. The van der Waals surface area contributed by atoms with Crippen molar-refractivity contribution in [2.45, 2.75) is 19.4 Å². The Morgan fingerprint density at radius 3 is 2.81 bits per heavy atom. The number of nitrogens with two attached hydrogens (primary N) is 2. The van der Waals surface area contributed by atoms with Crippen molar-refractivity contribution < 1.29 is 13.9 Å². The van der Waals surface area contributed by atoms with Gasteiger partial charge in [0.25, 0.3) is 0 Å². The van der Waals surface area contributed by atoms with Crippen LogP contribution in [-0.2, 0) is 4.79 Å². The lowest BCUT2D eigenvalue weighted by Gasteiger charge is -2.13. The van der Waals surface area contributed by atoms with Gasteiger partial charge in [0.1, 0.15) is 11.6 Å². The highest BCUT2D eigenvalue weighted by atomic mass is 19.1. The van der Waals surface area contributed by atoms with Gasteiger partial charge >= 0.3 is 0 Å². The van der Waals surface area contributed by atoms with Crippen molar-refractivity contribution in [2.24, 2.45) is 11.5 Å². The minimum absolute atomic E-state index is 0.121. The van der Waals surface area contributed by atoms with Crippen LogP contribution in [0.5, 0.6) is 5.75 Å². The third-order valence-corrected chi connectivity index (χ3v) is 2.07. The quantitative estimate of drug-likeness (QED) is 0.789. The molecule has 0 heterocycles. The predicted molar refractivity (Wildman–Crippen MR) is 58.3 cm³/mol. The van der Waals surface area contributed by atoms with Crippen molar-refractivity contribution in [3.63, 3.8) is 0 Å². The van der Waals surface area contributed by atoms with Gasteiger partial charge < -0.3 is 16.2 Å². The van der Waals surface area contributed by atoms with Gasteiger partial charge in [-0.05, 0) is 25.1 Å². The number of carbonyl (C=O) groups is 1. The number of rotatable bonds is 5. The normalized spacial score (nSPS) is 12.2. The van der Waals surface area contributed by atoms with Crippen molar-refractivity contribution in [1.29, 1.82) is 0 Å². The molecule has 0 spiro atoms. The minimum Gasteiger partial charge on any atom is -0.493 e. The number of benzene rings is 1. The highest BCUT2D eigenvalue weighted by molar-refractivity contribution is 5.73. The van der Waals surface area contributed by atoms with E-state index in [1.807, 2.05) is 0 Å².